The number of aryl methyl sites for hydroxylation is 2. The molecule has 0 saturated heterocycles. The van der Waals surface area contributed by atoms with Gasteiger partial charge in [0.2, 0.25) is 5.17 Å². The van der Waals surface area contributed by atoms with Gasteiger partial charge in [-0.15, -0.1) is 0 Å². The number of hydrazone groups is 1. The molecule has 0 saturated carbocycles. The van der Waals surface area contributed by atoms with E-state index in [1.54, 1.807) is 6.08 Å². The Bertz CT molecular complexity index is 1180. The number of nitrogens with one attached hydrogen (secondary N) is 1. The van der Waals surface area contributed by atoms with Crippen LogP contribution in [0.25, 0.3) is 6.08 Å². The van der Waals surface area contributed by atoms with Crippen molar-refractivity contribution >= 4 is 39.8 Å². The molecule has 0 bridgehead atoms. The van der Waals surface area contributed by atoms with Crippen LogP contribution in [0.4, 0.5) is 0 Å². The minimum atomic E-state index is -0.423. The molecule has 2 aromatic rings. The smallest absolute Gasteiger partial charge is 0.283 e. The number of nitrogens with zero attached hydrogens (tertiary/aromatic N) is 3. The minimum Gasteiger partial charge on any atom is -0.490 e. The Labute approximate surface area is 204 Å². The van der Waals surface area contributed by atoms with Gasteiger partial charge < -0.3 is 9.47 Å². The molecule has 7 nitrogen and oxygen atoms in total. The zero-order valence-electron chi connectivity index (χ0n) is 19.8. The summed E-state index contributed by atoms with van der Waals surface area (Å²) in [5.74, 6) is 1.60. The lowest BCUT2D eigenvalue weighted by molar-refractivity contribution is -0.114. The fourth-order valence-electron chi connectivity index (χ4n) is 3.63. The lowest BCUT2D eigenvalue weighted by Gasteiger charge is -2.20. The maximum atomic E-state index is 12.6. The third kappa shape index (κ3) is 5.75. The highest BCUT2D eigenvalue weighted by Crippen LogP contribution is 2.30. The Kier molecular flexibility index (Phi) is 7.17. The first-order chi connectivity index (χ1) is 16.3. The molecule has 0 unspecified atom stereocenters. The summed E-state index contributed by atoms with van der Waals surface area (Å²) in [6.07, 6.45) is 2.45. The van der Waals surface area contributed by atoms with Gasteiger partial charge in [0.25, 0.3) is 5.91 Å². The topological polar surface area (TPSA) is 87.3 Å². The third-order valence-corrected chi connectivity index (χ3v) is 6.02. The van der Waals surface area contributed by atoms with Crippen LogP contribution in [0.1, 0.15) is 37.0 Å². The van der Waals surface area contributed by atoms with Crippen molar-refractivity contribution in [2.45, 2.75) is 34.1 Å². The molecular weight excluding hydrogens is 448 g/mol. The summed E-state index contributed by atoms with van der Waals surface area (Å²) in [6.45, 7) is 9.15. The molecule has 0 atom stereocenters. The molecule has 1 amide bonds. The maximum Gasteiger partial charge on any atom is 0.283 e. The third-order valence-electron chi connectivity index (χ3n) is 5.09. The maximum absolute atomic E-state index is 12.6. The number of rotatable bonds is 8. The van der Waals surface area contributed by atoms with Gasteiger partial charge in [-0.2, -0.15) is 15.1 Å². The average Bonchev–Trinajstić information content (AvgIpc) is 3.16. The Hall–Kier alpha value is -3.39. The van der Waals surface area contributed by atoms with E-state index in [1.165, 1.54) is 27.9 Å². The van der Waals surface area contributed by atoms with E-state index >= 15 is 0 Å². The summed E-state index contributed by atoms with van der Waals surface area (Å²) in [5, 5.41) is 15.7. The van der Waals surface area contributed by atoms with Gasteiger partial charge in [0.1, 0.15) is 29.8 Å². The number of carbonyl (C=O) groups excluding carboxylic acids is 1. The van der Waals surface area contributed by atoms with Crippen LogP contribution < -0.4 is 9.47 Å². The van der Waals surface area contributed by atoms with Gasteiger partial charge in [0.05, 0.1) is 5.57 Å². The van der Waals surface area contributed by atoms with Crippen LogP contribution in [0.5, 0.6) is 11.5 Å². The number of aliphatic imine (C=N–C) groups is 1. The summed E-state index contributed by atoms with van der Waals surface area (Å²) in [4.78, 5) is 16.7. The molecule has 176 valence electrons. The molecule has 34 heavy (non-hydrogen) atoms. The van der Waals surface area contributed by atoms with Crippen LogP contribution in [-0.2, 0) is 4.79 Å². The lowest BCUT2D eigenvalue weighted by atomic mass is 10.1. The zero-order chi connectivity index (χ0) is 24.2. The van der Waals surface area contributed by atoms with Crippen molar-refractivity contribution in [1.82, 2.24) is 5.01 Å². The molecular formula is C26H28N4O3S. The monoisotopic (exact) mass is 476 g/mol. The highest BCUT2D eigenvalue weighted by molar-refractivity contribution is 8.26. The van der Waals surface area contributed by atoms with Crippen molar-refractivity contribution in [2.24, 2.45) is 16.0 Å². The van der Waals surface area contributed by atoms with E-state index in [4.69, 9.17) is 14.9 Å². The van der Waals surface area contributed by atoms with Crippen molar-refractivity contribution in [2.75, 3.05) is 13.2 Å². The molecule has 2 aliphatic heterocycles. The number of amides is 1. The first-order valence-corrected chi connectivity index (χ1v) is 12.0. The first-order valence-electron chi connectivity index (χ1n) is 11.2. The van der Waals surface area contributed by atoms with Crippen molar-refractivity contribution in [3.8, 4) is 11.5 Å². The number of amidine groups is 2. The fraction of sp³-hybridized carbons (Fsp3) is 0.308. The Morgan fingerprint density at radius 1 is 1.03 bits per heavy atom. The van der Waals surface area contributed by atoms with E-state index in [-0.39, 0.29) is 11.4 Å². The summed E-state index contributed by atoms with van der Waals surface area (Å²) in [5.41, 5.74) is 3.33. The summed E-state index contributed by atoms with van der Waals surface area (Å²) in [6, 6.07) is 13.5. The van der Waals surface area contributed by atoms with E-state index in [1.807, 2.05) is 50.2 Å². The second-order valence-corrected chi connectivity index (χ2v) is 9.74. The number of ether oxygens (including phenoxy) is 2. The van der Waals surface area contributed by atoms with Crippen LogP contribution >= 0.6 is 11.8 Å². The van der Waals surface area contributed by atoms with E-state index in [9.17, 15) is 4.79 Å². The number of hydrogen-bond acceptors (Lipinski definition) is 6. The van der Waals surface area contributed by atoms with Crippen molar-refractivity contribution < 1.29 is 14.3 Å². The molecule has 0 radical (unpaired) electrons. The lowest BCUT2D eigenvalue weighted by Crippen LogP contribution is -2.35. The highest BCUT2D eigenvalue weighted by atomic mass is 32.2. The van der Waals surface area contributed by atoms with E-state index in [0.717, 1.165) is 22.8 Å². The quantitative estimate of drug-likeness (QED) is 0.406. The van der Waals surface area contributed by atoms with Gasteiger partial charge in [-0.1, -0.05) is 32.0 Å². The second kappa shape index (κ2) is 10.3. The molecule has 0 spiro atoms. The largest absolute Gasteiger partial charge is 0.490 e. The SMILES string of the molecule is Cc1cc(C)cc(OCCOc2ccc(/C=C3/C(=N)N4N=C(CC(C)C)SC4=NC3=O)cc2)c1. The summed E-state index contributed by atoms with van der Waals surface area (Å²) < 4.78 is 11.5. The number of thioether (sulfide) groups is 1. The molecule has 0 fully saturated rings. The molecule has 2 heterocycles. The molecule has 4 rings (SSSR count). The van der Waals surface area contributed by atoms with Crippen molar-refractivity contribution in [3.63, 3.8) is 0 Å². The highest BCUT2D eigenvalue weighted by Gasteiger charge is 2.35. The summed E-state index contributed by atoms with van der Waals surface area (Å²) in [7, 11) is 0. The Balaban J connectivity index is 1.35. The van der Waals surface area contributed by atoms with Gasteiger partial charge in [-0.3, -0.25) is 10.2 Å². The zero-order valence-corrected chi connectivity index (χ0v) is 20.6. The Morgan fingerprint density at radius 3 is 2.32 bits per heavy atom. The normalized spacial score (nSPS) is 16.6. The summed E-state index contributed by atoms with van der Waals surface area (Å²) >= 11 is 1.36. The van der Waals surface area contributed by atoms with E-state index < -0.39 is 5.91 Å². The number of carbonyl (C=O) groups is 1. The standard InChI is InChI=1S/C26H28N4O3S/c1-16(2)11-23-29-30-24(27)22(25(31)28-26(30)34-23)15-19-5-7-20(8-6-19)32-9-10-33-21-13-17(3)12-18(4)14-21/h5-8,12-16,27H,9-11H2,1-4H3/b22-15-,27-24?. The van der Waals surface area contributed by atoms with Crippen LogP contribution in [0, 0.1) is 25.2 Å². The fourth-order valence-corrected chi connectivity index (χ4v) is 4.72. The molecule has 8 heteroatoms. The second-order valence-electron chi connectivity index (χ2n) is 8.70. The predicted molar refractivity (Wildman–Crippen MR) is 138 cm³/mol. The van der Waals surface area contributed by atoms with Crippen LogP contribution in [0.3, 0.4) is 0 Å². The molecule has 0 aliphatic carbocycles. The average molecular weight is 477 g/mol. The van der Waals surface area contributed by atoms with Gasteiger partial charge in [0.15, 0.2) is 5.84 Å². The molecule has 1 N–H and O–H groups in total. The molecule has 2 aromatic carbocycles. The van der Waals surface area contributed by atoms with Gasteiger partial charge in [0, 0.05) is 6.42 Å². The molecule has 2 aliphatic rings. The first kappa shape index (κ1) is 23.8. The number of fused-ring (bicyclic) bond motifs is 1. The van der Waals surface area contributed by atoms with Crippen LogP contribution in [-0.4, -0.2) is 40.2 Å². The Morgan fingerprint density at radius 2 is 1.68 bits per heavy atom. The van der Waals surface area contributed by atoms with Gasteiger partial charge >= 0.3 is 0 Å². The van der Waals surface area contributed by atoms with Crippen LogP contribution in [0.2, 0.25) is 0 Å². The van der Waals surface area contributed by atoms with Crippen molar-refractivity contribution in [1.29, 1.82) is 5.41 Å². The minimum absolute atomic E-state index is 0.0464. The van der Waals surface area contributed by atoms with Gasteiger partial charge in [-0.25, -0.2) is 0 Å². The van der Waals surface area contributed by atoms with Crippen LogP contribution in [0.15, 0.2) is 58.1 Å². The van der Waals surface area contributed by atoms with E-state index in [0.29, 0.717) is 30.0 Å². The number of hydrogen-bond donors (Lipinski definition) is 1. The number of benzene rings is 2. The van der Waals surface area contributed by atoms with E-state index in [2.05, 4.69) is 30.0 Å². The predicted octanol–water partition coefficient (Wildman–Crippen LogP) is 5.43. The van der Waals surface area contributed by atoms with Crippen molar-refractivity contribution in [3.05, 3.63) is 64.7 Å². The molecule has 0 aromatic heterocycles. The van der Waals surface area contributed by atoms with Gasteiger partial charge in [-0.05, 0) is 78.6 Å².